The van der Waals surface area contributed by atoms with Crippen LogP contribution in [0.2, 0.25) is 0 Å². The average molecular weight is 593 g/mol. The third kappa shape index (κ3) is 26.4. The number of aliphatic hydroxyl groups excluding tert-OH is 1. The third-order valence-corrected chi connectivity index (χ3v) is 8.31. The lowest BCUT2D eigenvalue weighted by atomic mass is 10.0. The lowest BCUT2D eigenvalue weighted by Crippen LogP contribution is -2.46. The Hall–Kier alpha value is -0.500. The van der Waals surface area contributed by atoms with Crippen molar-refractivity contribution in [3.63, 3.8) is 0 Å². The highest BCUT2D eigenvalue weighted by Crippen LogP contribution is 2.38. The summed E-state index contributed by atoms with van der Waals surface area (Å²) in [6.45, 7) is 4.46. The Morgan fingerprint density at radius 2 is 1.23 bits per heavy atom. The van der Waals surface area contributed by atoms with Gasteiger partial charge >= 0.3 is 0 Å². The predicted molar refractivity (Wildman–Crippen MR) is 164 cm³/mol. The highest BCUT2D eigenvalue weighted by Gasteiger charge is 2.24. The van der Waals surface area contributed by atoms with E-state index in [4.69, 9.17) is 9.05 Å². The number of aliphatic hydroxyl groups is 1. The smallest absolute Gasteiger partial charge is 0.268 e. The van der Waals surface area contributed by atoms with Crippen LogP contribution in [-0.4, -0.2) is 68.5 Å². The summed E-state index contributed by atoms with van der Waals surface area (Å²) in [4.78, 5) is 24.5. The summed E-state index contributed by atoms with van der Waals surface area (Å²) in [7, 11) is 1.30. The van der Waals surface area contributed by atoms with Crippen LogP contribution >= 0.6 is 7.82 Å². The molecular weight excluding hydrogens is 527 g/mol. The van der Waals surface area contributed by atoms with Gasteiger partial charge in [-0.15, -0.1) is 0 Å². The van der Waals surface area contributed by atoms with Crippen LogP contribution in [0.25, 0.3) is 0 Å². The van der Waals surface area contributed by atoms with E-state index < -0.39 is 20.0 Å². The van der Waals surface area contributed by atoms with Gasteiger partial charge in [-0.2, -0.15) is 0 Å². The molecule has 0 rings (SSSR count). The lowest BCUT2D eigenvalue weighted by Gasteiger charge is -2.30. The van der Waals surface area contributed by atoms with Crippen molar-refractivity contribution in [1.29, 1.82) is 0 Å². The fraction of sp³-hybridized carbons (Fsp3) is 0.968. The molecule has 0 aliphatic carbocycles. The molecular formula is C31H65N2O6P. The zero-order valence-electron chi connectivity index (χ0n) is 26.8. The van der Waals surface area contributed by atoms with E-state index in [1.807, 2.05) is 28.1 Å². The Labute approximate surface area is 247 Å². The van der Waals surface area contributed by atoms with Crippen LogP contribution in [0.15, 0.2) is 0 Å². The molecule has 0 bridgehead atoms. The number of unbranched alkanes of at least 4 members (excludes halogenated alkanes) is 16. The molecule has 0 fully saturated rings. The number of amides is 1. The number of nitrogens with one attached hydrogen (secondary N) is 1. The van der Waals surface area contributed by atoms with Crippen LogP contribution in [-0.2, 0) is 18.4 Å². The molecule has 0 aromatic carbocycles. The SMILES string of the molecule is CCCCCCCCCCCCCCCCCCC(O)C(COP(=O)([O-])OCC[N+](C)(C)C)NC(=O)CCCC. The summed E-state index contributed by atoms with van der Waals surface area (Å²) in [6, 6.07) is -0.787. The van der Waals surface area contributed by atoms with Gasteiger partial charge in [0.25, 0.3) is 7.82 Å². The van der Waals surface area contributed by atoms with E-state index in [-0.39, 0.29) is 19.1 Å². The monoisotopic (exact) mass is 592 g/mol. The maximum atomic E-state index is 12.3. The van der Waals surface area contributed by atoms with Crippen LogP contribution in [0.5, 0.6) is 0 Å². The van der Waals surface area contributed by atoms with E-state index in [1.54, 1.807) is 0 Å². The molecule has 0 radical (unpaired) electrons. The second-order valence-corrected chi connectivity index (χ2v) is 13.9. The number of hydrogen-bond donors (Lipinski definition) is 2. The number of phosphoric ester groups is 1. The molecule has 0 saturated heterocycles. The first-order valence-corrected chi connectivity index (χ1v) is 17.8. The predicted octanol–water partition coefficient (Wildman–Crippen LogP) is 6.88. The zero-order chi connectivity index (χ0) is 30.1. The summed E-state index contributed by atoms with van der Waals surface area (Å²) >= 11 is 0. The molecule has 40 heavy (non-hydrogen) atoms. The molecule has 0 spiro atoms. The fourth-order valence-electron chi connectivity index (χ4n) is 4.60. The number of likely N-dealkylation sites (N-methyl/N-ethyl adjacent to an activating group) is 1. The Morgan fingerprint density at radius 1 is 0.775 bits per heavy atom. The second-order valence-electron chi connectivity index (χ2n) is 12.5. The van der Waals surface area contributed by atoms with Crippen molar-refractivity contribution in [1.82, 2.24) is 5.32 Å². The zero-order valence-corrected chi connectivity index (χ0v) is 27.7. The Bertz CT molecular complexity index is 644. The lowest BCUT2D eigenvalue weighted by molar-refractivity contribution is -0.870. The Balaban J connectivity index is 4.16. The second kappa shape index (κ2) is 25.0. The minimum atomic E-state index is -4.52. The van der Waals surface area contributed by atoms with Crippen molar-refractivity contribution in [3.05, 3.63) is 0 Å². The van der Waals surface area contributed by atoms with E-state index >= 15 is 0 Å². The van der Waals surface area contributed by atoms with Gasteiger partial charge in [-0.25, -0.2) is 0 Å². The van der Waals surface area contributed by atoms with Gasteiger partial charge in [0, 0.05) is 6.42 Å². The molecule has 0 aromatic rings. The van der Waals surface area contributed by atoms with Crippen LogP contribution in [0, 0.1) is 0 Å². The van der Waals surface area contributed by atoms with Gasteiger partial charge in [0.1, 0.15) is 13.2 Å². The molecule has 0 aromatic heterocycles. The quantitative estimate of drug-likeness (QED) is 0.0557. The Morgan fingerprint density at radius 3 is 1.68 bits per heavy atom. The first-order chi connectivity index (χ1) is 19.0. The summed E-state index contributed by atoms with van der Waals surface area (Å²) < 4.78 is 22.8. The van der Waals surface area contributed by atoms with Crippen molar-refractivity contribution >= 4 is 13.7 Å². The van der Waals surface area contributed by atoms with Gasteiger partial charge in [-0.1, -0.05) is 123 Å². The largest absolute Gasteiger partial charge is 0.756 e. The molecule has 0 heterocycles. The molecule has 1 amide bonds. The van der Waals surface area contributed by atoms with E-state index in [1.165, 1.54) is 83.5 Å². The molecule has 8 nitrogen and oxygen atoms in total. The van der Waals surface area contributed by atoms with Crippen LogP contribution in [0.4, 0.5) is 0 Å². The summed E-state index contributed by atoms with van der Waals surface area (Å²) in [6.07, 6.45) is 22.1. The molecule has 3 atom stereocenters. The highest BCUT2D eigenvalue weighted by molar-refractivity contribution is 7.45. The summed E-state index contributed by atoms with van der Waals surface area (Å²) in [5.41, 5.74) is 0. The van der Waals surface area contributed by atoms with E-state index in [0.717, 1.165) is 32.1 Å². The van der Waals surface area contributed by atoms with Gasteiger partial charge < -0.3 is 28.8 Å². The first-order valence-electron chi connectivity index (χ1n) is 16.4. The molecule has 240 valence electrons. The number of carbonyl (C=O) groups is 1. The number of hydrogen-bond acceptors (Lipinski definition) is 6. The Kier molecular flexibility index (Phi) is 24.7. The van der Waals surface area contributed by atoms with Crippen molar-refractivity contribution in [2.75, 3.05) is 40.9 Å². The highest BCUT2D eigenvalue weighted by atomic mass is 31.2. The van der Waals surface area contributed by atoms with Crippen molar-refractivity contribution in [2.24, 2.45) is 0 Å². The van der Waals surface area contributed by atoms with Crippen LogP contribution in [0.3, 0.4) is 0 Å². The van der Waals surface area contributed by atoms with Gasteiger partial charge in [0.05, 0.1) is 39.9 Å². The topological polar surface area (TPSA) is 108 Å². The van der Waals surface area contributed by atoms with E-state index in [2.05, 4.69) is 12.2 Å². The average Bonchev–Trinajstić information content (AvgIpc) is 2.88. The van der Waals surface area contributed by atoms with Gasteiger partial charge in [0.2, 0.25) is 5.91 Å². The molecule has 0 aliphatic heterocycles. The maximum Gasteiger partial charge on any atom is 0.268 e. The fourth-order valence-corrected chi connectivity index (χ4v) is 5.33. The molecule has 2 N–H and O–H groups in total. The first kappa shape index (κ1) is 39.5. The minimum absolute atomic E-state index is 0.0134. The molecule has 9 heteroatoms. The number of phosphoric acid groups is 1. The minimum Gasteiger partial charge on any atom is -0.756 e. The van der Waals surface area contributed by atoms with Crippen molar-refractivity contribution < 1.29 is 32.9 Å². The number of carbonyl (C=O) groups excluding carboxylic acids is 1. The number of rotatable bonds is 29. The molecule has 3 unspecified atom stereocenters. The number of nitrogens with zero attached hydrogens (tertiary/aromatic N) is 1. The van der Waals surface area contributed by atoms with E-state index in [0.29, 0.717) is 23.9 Å². The normalized spacial score (nSPS) is 15.1. The maximum absolute atomic E-state index is 12.3. The molecule has 0 saturated carbocycles. The standard InChI is InChI=1S/C31H65N2O6P/c1-6-8-10-11-12-13-14-15-16-17-18-19-20-21-22-23-24-30(34)29(32-31(35)25-9-7-2)28-39-40(36,37)38-27-26-33(3,4)5/h29-30,34H,6-28H2,1-5H3,(H-,32,35,36,37). The van der Waals surface area contributed by atoms with Crippen LogP contribution in [0.1, 0.15) is 142 Å². The molecule has 0 aliphatic rings. The van der Waals surface area contributed by atoms with Gasteiger partial charge in [-0.3, -0.25) is 9.36 Å². The van der Waals surface area contributed by atoms with Crippen molar-refractivity contribution in [3.8, 4) is 0 Å². The van der Waals surface area contributed by atoms with E-state index in [9.17, 15) is 19.4 Å². The van der Waals surface area contributed by atoms with Gasteiger partial charge in [-0.05, 0) is 12.8 Å². The van der Waals surface area contributed by atoms with Gasteiger partial charge in [0.15, 0.2) is 0 Å². The number of quaternary nitrogens is 1. The van der Waals surface area contributed by atoms with Crippen molar-refractivity contribution in [2.45, 2.75) is 154 Å². The summed E-state index contributed by atoms with van der Waals surface area (Å²) in [5.74, 6) is -0.201. The summed E-state index contributed by atoms with van der Waals surface area (Å²) in [5, 5.41) is 13.5. The van der Waals surface area contributed by atoms with Crippen LogP contribution < -0.4 is 10.2 Å². The third-order valence-electron chi connectivity index (χ3n) is 7.35.